The molecule has 2 nitrogen and oxygen atoms in total. The van der Waals surface area contributed by atoms with Gasteiger partial charge in [0.1, 0.15) is 5.75 Å². The molecule has 0 bridgehead atoms. The van der Waals surface area contributed by atoms with Crippen LogP contribution >= 0.6 is 11.6 Å². The van der Waals surface area contributed by atoms with Crippen molar-refractivity contribution in [3.05, 3.63) is 28.8 Å². The Morgan fingerprint density at radius 1 is 1.43 bits per heavy atom. The minimum absolute atomic E-state index is 0.0652. The van der Waals surface area contributed by atoms with Gasteiger partial charge in [-0.2, -0.15) is 5.26 Å². The topological polar surface area (TPSA) is 44.0 Å². The summed E-state index contributed by atoms with van der Waals surface area (Å²) in [5, 5.41) is 19.2. The fourth-order valence-corrected chi connectivity index (χ4v) is 2.05. The summed E-state index contributed by atoms with van der Waals surface area (Å²) in [7, 11) is 0. The molecule has 0 radical (unpaired) electrons. The van der Waals surface area contributed by atoms with E-state index in [4.69, 9.17) is 16.9 Å². The summed E-state index contributed by atoms with van der Waals surface area (Å²) in [4.78, 5) is 0. The molecular weight excluding hydrogens is 198 g/mol. The van der Waals surface area contributed by atoms with Gasteiger partial charge in [0.05, 0.1) is 16.5 Å². The van der Waals surface area contributed by atoms with Gasteiger partial charge in [-0.25, -0.2) is 0 Å². The third-order valence-electron chi connectivity index (χ3n) is 2.92. The largest absolute Gasteiger partial charge is 0.506 e. The van der Waals surface area contributed by atoms with Gasteiger partial charge in [-0.1, -0.05) is 23.7 Å². The summed E-state index contributed by atoms with van der Waals surface area (Å²) in [6.07, 6.45) is 2.67. The number of hydrogen-bond donors (Lipinski definition) is 1. The molecule has 1 saturated carbocycles. The standard InChI is InChI=1S/C11H10ClNO/c12-9-4-1-3-8(10(9)14)11(7-13)5-2-6-11/h1,3-4,14H,2,5-6H2. The van der Waals surface area contributed by atoms with Crippen LogP contribution in [0.25, 0.3) is 0 Å². The molecular formula is C11H10ClNO. The van der Waals surface area contributed by atoms with Crippen molar-refractivity contribution in [2.24, 2.45) is 0 Å². The third-order valence-corrected chi connectivity index (χ3v) is 3.23. The lowest BCUT2D eigenvalue weighted by atomic mass is 9.65. The van der Waals surface area contributed by atoms with Gasteiger partial charge < -0.3 is 5.11 Å². The average molecular weight is 208 g/mol. The first-order valence-corrected chi connectivity index (χ1v) is 4.97. The minimum atomic E-state index is -0.491. The first-order valence-electron chi connectivity index (χ1n) is 4.59. The van der Waals surface area contributed by atoms with Crippen molar-refractivity contribution in [2.45, 2.75) is 24.7 Å². The van der Waals surface area contributed by atoms with Crippen molar-refractivity contribution in [1.82, 2.24) is 0 Å². The molecule has 0 heterocycles. The molecule has 1 N–H and O–H groups in total. The SMILES string of the molecule is N#CC1(c2cccc(Cl)c2O)CCC1. The van der Waals surface area contributed by atoms with Gasteiger partial charge >= 0.3 is 0 Å². The smallest absolute Gasteiger partial charge is 0.138 e. The van der Waals surface area contributed by atoms with Gasteiger partial charge in [0.2, 0.25) is 0 Å². The quantitative estimate of drug-likeness (QED) is 0.770. The van der Waals surface area contributed by atoms with Crippen molar-refractivity contribution in [3.63, 3.8) is 0 Å². The highest BCUT2D eigenvalue weighted by molar-refractivity contribution is 6.32. The first-order chi connectivity index (χ1) is 6.69. The van der Waals surface area contributed by atoms with Gasteiger partial charge in [-0.05, 0) is 25.3 Å². The Labute approximate surface area is 87.7 Å². The van der Waals surface area contributed by atoms with E-state index < -0.39 is 5.41 Å². The van der Waals surface area contributed by atoms with Gasteiger partial charge in [0, 0.05) is 5.56 Å². The van der Waals surface area contributed by atoms with Crippen LogP contribution in [0.2, 0.25) is 5.02 Å². The molecule has 1 aromatic carbocycles. The summed E-state index contributed by atoms with van der Waals surface area (Å²) in [6, 6.07) is 7.46. The molecule has 72 valence electrons. The molecule has 1 aliphatic rings. The van der Waals surface area contributed by atoms with Gasteiger partial charge in [-0.15, -0.1) is 0 Å². The number of hydrogen-bond acceptors (Lipinski definition) is 2. The van der Waals surface area contributed by atoms with Gasteiger partial charge in [0.25, 0.3) is 0 Å². The van der Waals surface area contributed by atoms with Crippen molar-refractivity contribution in [2.75, 3.05) is 0 Å². The van der Waals surface area contributed by atoms with Crippen LogP contribution in [-0.2, 0) is 5.41 Å². The Morgan fingerprint density at radius 3 is 2.64 bits per heavy atom. The molecule has 0 saturated heterocycles. The molecule has 0 spiro atoms. The molecule has 0 atom stereocenters. The Morgan fingerprint density at radius 2 is 2.14 bits per heavy atom. The summed E-state index contributed by atoms with van der Waals surface area (Å²) in [6.45, 7) is 0. The summed E-state index contributed by atoms with van der Waals surface area (Å²) < 4.78 is 0. The number of phenolic OH excluding ortho intramolecular Hbond substituents is 1. The summed E-state index contributed by atoms with van der Waals surface area (Å²) in [5.74, 6) is 0.0652. The lowest BCUT2D eigenvalue weighted by Crippen LogP contribution is -2.32. The molecule has 0 amide bonds. The zero-order valence-electron chi connectivity index (χ0n) is 7.63. The maximum atomic E-state index is 9.75. The second kappa shape index (κ2) is 3.18. The number of rotatable bonds is 1. The number of nitrogens with zero attached hydrogens (tertiary/aromatic N) is 1. The van der Waals surface area contributed by atoms with E-state index in [1.54, 1.807) is 18.2 Å². The van der Waals surface area contributed by atoms with E-state index in [0.29, 0.717) is 10.6 Å². The molecule has 3 heteroatoms. The van der Waals surface area contributed by atoms with Crippen LogP contribution in [0.3, 0.4) is 0 Å². The van der Waals surface area contributed by atoms with Gasteiger partial charge in [0.15, 0.2) is 0 Å². The van der Waals surface area contributed by atoms with E-state index in [0.717, 1.165) is 19.3 Å². The molecule has 2 rings (SSSR count). The van der Waals surface area contributed by atoms with Crippen LogP contribution in [0.1, 0.15) is 24.8 Å². The predicted molar refractivity (Wildman–Crippen MR) is 54.3 cm³/mol. The zero-order valence-corrected chi connectivity index (χ0v) is 8.38. The van der Waals surface area contributed by atoms with Crippen molar-refractivity contribution < 1.29 is 5.11 Å². The highest BCUT2D eigenvalue weighted by Gasteiger charge is 2.41. The van der Waals surface area contributed by atoms with E-state index in [9.17, 15) is 5.11 Å². The number of phenols is 1. The van der Waals surface area contributed by atoms with E-state index in [-0.39, 0.29) is 5.75 Å². The van der Waals surface area contributed by atoms with Crippen LogP contribution < -0.4 is 0 Å². The average Bonchev–Trinajstić information content (AvgIpc) is 2.11. The minimum Gasteiger partial charge on any atom is -0.506 e. The Balaban J connectivity index is 2.51. The summed E-state index contributed by atoms with van der Waals surface area (Å²) >= 11 is 5.80. The van der Waals surface area contributed by atoms with Gasteiger partial charge in [-0.3, -0.25) is 0 Å². The number of para-hydroxylation sites is 1. The van der Waals surface area contributed by atoms with Crippen molar-refractivity contribution >= 4 is 11.6 Å². The van der Waals surface area contributed by atoms with Crippen LogP contribution in [0.4, 0.5) is 0 Å². The second-order valence-electron chi connectivity index (χ2n) is 3.68. The van der Waals surface area contributed by atoms with Crippen molar-refractivity contribution in [3.8, 4) is 11.8 Å². The molecule has 0 unspecified atom stereocenters. The van der Waals surface area contributed by atoms with Crippen molar-refractivity contribution in [1.29, 1.82) is 5.26 Å². The Kier molecular flexibility index (Phi) is 2.13. The third kappa shape index (κ3) is 1.17. The Hall–Kier alpha value is -1.20. The van der Waals surface area contributed by atoms with E-state index >= 15 is 0 Å². The van der Waals surface area contributed by atoms with E-state index in [2.05, 4.69) is 6.07 Å². The monoisotopic (exact) mass is 207 g/mol. The first kappa shape index (κ1) is 9.36. The fraction of sp³-hybridized carbons (Fsp3) is 0.364. The zero-order chi connectivity index (χ0) is 10.2. The number of halogens is 1. The molecule has 0 aromatic heterocycles. The lowest BCUT2D eigenvalue weighted by molar-refractivity contribution is 0.311. The molecule has 1 fully saturated rings. The van der Waals surface area contributed by atoms with E-state index in [1.807, 2.05) is 0 Å². The van der Waals surface area contributed by atoms with Crippen LogP contribution in [0.15, 0.2) is 18.2 Å². The Bertz CT molecular complexity index is 404. The fourth-order valence-electron chi connectivity index (χ4n) is 1.87. The molecule has 1 aliphatic carbocycles. The van der Waals surface area contributed by atoms with Crippen LogP contribution in [-0.4, -0.2) is 5.11 Å². The normalized spacial score (nSPS) is 18.3. The maximum Gasteiger partial charge on any atom is 0.138 e. The summed E-state index contributed by atoms with van der Waals surface area (Å²) in [5.41, 5.74) is 0.188. The van der Waals surface area contributed by atoms with Crippen LogP contribution in [0.5, 0.6) is 5.75 Å². The molecule has 14 heavy (non-hydrogen) atoms. The molecule has 0 aliphatic heterocycles. The number of aromatic hydroxyl groups is 1. The number of nitriles is 1. The lowest BCUT2D eigenvalue weighted by Gasteiger charge is -2.36. The van der Waals surface area contributed by atoms with E-state index in [1.165, 1.54) is 0 Å². The molecule has 1 aromatic rings. The predicted octanol–water partition coefficient (Wildman–Crippen LogP) is 2.99. The highest BCUT2D eigenvalue weighted by atomic mass is 35.5. The second-order valence-corrected chi connectivity index (χ2v) is 4.09. The maximum absolute atomic E-state index is 9.75. The highest BCUT2D eigenvalue weighted by Crippen LogP contribution is 2.47. The van der Waals surface area contributed by atoms with Crippen LogP contribution in [0, 0.1) is 11.3 Å². The number of benzene rings is 1.